The van der Waals surface area contributed by atoms with Crippen LogP contribution < -0.4 is 14.4 Å². The summed E-state index contributed by atoms with van der Waals surface area (Å²) in [4.78, 5) is 13.0. The van der Waals surface area contributed by atoms with Crippen LogP contribution in [0.4, 0.5) is 11.4 Å². The fraction of sp³-hybridized carbons (Fsp3) is 0.174. The Bertz CT molecular complexity index is 1140. The van der Waals surface area contributed by atoms with E-state index >= 15 is 0 Å². The molecule has 1 amide bonds. The first-order chi connectivity index (χ1) is 14.3. The van der Waals surface area contributed by atoms with Crippen molar-refractivity contribution in [2.24, 2.45) is 0 Å². The molecule has 0 fully saturated rings. The average molecular weight is 425 g/mol. The van der Waals surface area contributed by atoms with Gasteiger partial charge in [0.15, 0.2) is 0 Å². The zero-order chi connectivity index (χ0) is 21.7. The lowest BCUT2D eigenvalue weighted by atomic mass is 10.2. The first-order valence-electron chi connectivity index (χ1n) is 9.40. The van der Waals surface area contributed by atoms with Crippen LogP contribution >= 0.6 is 0 Å². The number of anilines is 2. The molecule has 3 aromatic carbocycles. The number of carbonyl (C=O) groups is 1. The van der Waals surface area contributed by atoms with Gasteiger partial charge in [-0.1, -0.05) is 36.4 Å². The van der Waals surface area contributed by atoms with E-state index in [-0.39, 0.29) is 11.4 Å². The Kier molecular flexibility index (Phi) is 6.42. The van der Waals surface area contributed by atoms with Crippen molar-refractivity contribution in [3.05, 3.63) is 83.9 Å². The largest absolute Gasteiger partial charge is 0.495 e. The molecule has 0 bridgehead atoms. The van der Waals surface area contributed by atoms with E-state index in [1.165, 1.54) is 19.2 Å². The van der Waals surface area contributed by atoms with Crippen LogP contribution in [0.15, 0.2) is 77.7 Å². The van der Waals surface area contributed by atoms with Crippen molar-refractivity contribution in [2.45, 2.75) is 18.7 Å². The van der Waals surface area contributed by atoms with E-state index in [9.17, 15) is 13.2 Å². The zero-order valence-corrected chi connectivity index (χ0v) is 17.9. The first kappa shape index (κ1) is 21.4. The lowest BCUT2D eigenvalue weighted by Gasteiger charge is -2.24. The van der Waals surface area contributed by atoms with Gasteiger partial charge in [-0.3, -0.25) is 9.10 Å². The molecule has 3 aromatic rings. The predicted molar refractivity (Wildman–Crippen MR) is 119 cm³/mol. The maximum Gasteiger partial charge on any atom is 0.264 e. The summed E-state index contributed by atoms with van der Waals surface area (Å²) in [5.41, 5.74) is 2.74. The van der Waals surface area contributed by atoms with Crippen LogP contribution in [-0.2, 0) is 14.8 Å². The molecule has 0 aliphatic carbocycles. The maximum atomic E-state index is 13.3. The number of benzene rings is 3. The minimum Gasteiger partial charge on any atom is -0.495 e. The SMILES string of the molecule is COc1ccc(C)cc1NC(=O)CN(c1cccc(C)c1)S(=O)(=O)c1ccccc1. The highest BCUT2D eigenvalue weighted by Crippen LogP contribution is 2.27. The van der Waals surface area contributed by atoms with Crippen LogP contribution in [0.25, 0.3) is 0 Å². The third-order valence-electron chi connectivity index (χ3n) is 4.54. The number of ether oxygens (including phenoxy) is 1. The molecule has 0 saturated carbocycles. The van der Waals surface area contributed by atoms with Gasteiger partial charge in [0.1, 0.15) is 12.3 Å². The highest BCUT2D eigenvalue weighted by Gasteiger charge is 2.27. The molecule has 7 heteroatoms. The minimum atomic E-state index is -3.94. The van der Waals surface area contributed by atoms with Crippen LogP contribution in [0.1, 0.15) is 11.1 Å². The third-order valence-corrected chi connectivity index (χ3v) is 6.33. The van der Waals surface area contributed by atoms with E-state index in [2.05, 4.69) is 5.32 Å². The van der Waals surface area contributed by atoms with Gasteiger partial charge in [-0.05, 0) is 61.4 Å². The molecule has 0 heterocycles. The number of carbonyl (C=O) groups excluding carboxylic acids is 1. The summed E-state index contributed by atoms with van der Waals surface area (Å²) in [6.45, 7) is 3.39. The Balaban J connectivity index is 1.96. The van der Waals surface area contributed by atoms with Crippen LogP contribution in [-0.4, -0.2) is 28.0 Å². The summed E-state index contributed by atoms with van der Waals surface area (Å²) in [5, 5.41) is 2.77. The van der Waals surface area contributed by atoms with Crippen molar-refractivity contribution in [2.75, 3.05) is 23.3 Å². The number of nitrogens with zero attached hydrogens (tertiary/aromatic N) is 1. The third kappa shape index (κ3) is 4.80. The molecule has 0 aromatic heterocycles. The van der Waals surface area contributed by atoms with E-state index in [4.69, 9.17) is 4.74 Å². The van der Waals surface area contributed by atoms with E-state index in [1.54, 1.807) is 48.5 Å². The van der Waals surface area contributed by atoms with Gasteiger partial charge in [-0.15, -0.1) is 0 Å². The maximum absolute atomic E-state index is 13.3. The van der Waals surface area contributed by atoms with Crippen LogP contribution in [0.3, 0.4) is 0 Å². The van der Waals surface area contributed by atoms with Gasteiger partial charge in [0, 0.05) is 0 Å². The molecular formula is C23H24N2O4S. The summed E-state index contributed by atoms with van der Waals surface area (Å²) < 4.78 is 33.1. The molecule has 0 unspecified atom stereocenters. The summed E-state index contributed by atoms with van der Waals surface area (Å²) in [6.07, 6.45) is 0. The predicted octanol–water partition coefficient (Wildman–Crippen LogP) is 4.15. The molecule has 0 spiro atoms. The number of rotatable bonds is 7. The second-order valence-corrected chi connectivity index (χ2v) is 8.78. The highest BCUT2D eigenvalue weighted by atomic mass is 32.2. The van der Waals surface area contributed by atoms with Crippen molar-refractivity contribution in [3.63, 3.8) is 0 Å². The number of sulfonamides is 1. The van der Waals surface area contributed by atoms with E-state index in [1.807, 2.05) is 26.0 Å². The number of hydrogen-bond acceptors (Lipinski definition) is 4. The van der Waals surface area contributed by atoms with Gasteiger partial charge in [0.25, 0.3) is 10.0 Å². The van der Waals surface area contributed by atoms with Crippen molar-refractivity contribution in [1.82, 2.24) is 0 Å². The molecule has 0 radical (unpaired) electrons. The number of methoxy groups -OCH3 is 1. The van der Waals surface area contributed by atoms with Gasteiger partial charge in [-0.2, -0.15) is 0 Å². The van der Waals surface area contributed by atoms with Gasteiger partial charge >= 0.3 is 0 Å². The van der Waals surface area contributed by atoms with Crippen molar-refractivity contribution >= 4 is 27.3 Å². The molecule has 156 valence electrons. The zero-order valence-electron chi connectivity index (χ0n) is 17.1. The fourth-order valence-electron chi connectivity index (χ4n) is 3.06. The number of amides is 1. The molecular weight excluding hydrogens is 400 g/mol. The second kappa shape index (κ2) is 9.00. The lowest BCUT2D eigenvalue weighted by Crippen LogP contribution is -2.38. The number of nitrogens with one attached hydrogen (secondary N) is 1. The van der Waals surface area contributed by atoms with Crippen molar-refractivity contribution in [1.29, 1.82) is 0 Å². The van der Waals surface area contributed by atoms with Crippen molar-refractivity contribution in [3.8, 4) is 5.75 Å². The van der Waals surface area contributed by atoms with Crippen LogP contribution in [0, 0.1) is 13.8 Å². The lowest BCUT2D eigenvalue weighted by molar-refractivity contribution is -0.114. The summed E-state index contributed by atoms with van der Waals surface area (Å²) >= 11 is 0. The summed E-state index contributed by atoms with van der Waals surface area (Å²) in [7, 11) is -2.43. The minimum absolute atomic E-state index is 0.118. The molecule has 0 saturated heterocycles. The monoisotopic (exact) mass is 424 g/mol. The topological polar surface area (TPSA) is 75.7 Å². The summed E-state index contributed by atoms with van der Waals surface area (Å²) in [6, 6.07) is 20.5. The smallest absolute Gasteiger partial charge is 0.264 e. The van der Waals surface area contributed by atoms with Gasteiger partial charge in [0.05, 0.1) is 23.4 Å². The standard InChI is InChI=1S/C23H24N2O4S/c1-17-8-7-9-19(14-17)25(30(27,28)20-10-5-4-6-11-20)16-23(26)24-21-15-18(2)12-13-22(21)29-3/h4-15H,16H2,1-3H3,(H,24,26). The quantitative estimate of drug-likeness (QED) is 0.618. The molecule has 0 atom stereocenters. The molecule has 3 rings (SSSR count). The van der Waals surface area contributed by atoms with Gasteiger partial charge in [0.2, 0.25) is 5.91 Å². The van der Waals surface area contributed by atoms with Gasteiger partial charge < -0.3 is 10.1 Å². The Labute approximate surface area is 177 Å². The number of hydrogen-bond donors (Lipinski definition) is 1. The molecule has 1 N–H and O–H groups in total. The van der Waals surface area contributed by atoms with Gasteiger partial charge in [-0.25, -0.2) is 8.42 Å². The first-order valence-corrected chi connectivity index (χ1v) is 10.8. The molecule has 30 heavy (non-hydrogen) atoms. The van der Waals surface area contributed by atoms with E-state index < -0.39 is 15.9 Å². The fourth-order valence-corrected chi connectivity index (χ4v) is 4.49. The number of aryl methyl sites for hydroxylation is 2. The average Bonchev–Trinajstić information content (AvgIpc) is 2.73. The summed E-state index contributed by atoms with van der Waals surface area (Å²) in [5.74, 6) is 0.0295. The second-order valence-electron chi connectivity index (χ2n) is 6.92. The Morgan fingerprint density at radius 1 is 0.933 bits per heavy atom. The highest BCUT2D eigenvalue weighted by molar-refractivity contribution is 7.92. The molecule has 0 aliphatic heterocycles. The Hall–Kier alpha value is -3.32. The van der Waals surface area contributed by atoms with Crippen molar-refractivity contribution < 1.29 is 17.9 Å². The Morgan fingerprint density at radius 2 is 1.63 bits per heavy atom. The van der Waals surface area contributed by atoms with E-state index in [0.29, 0.717) is 17.1 Å². The van der Waals surface area contributed by atoms with E-state index in [0.717, 1.165) is 15.4 Å². The molecule has 0 aliphatic rings. The Morgan fingerprint density at radius 3 is 2.30 bits per heavy atom. The van der Waals surface area contributed by atoms with Crippen LogP contribution in [0.5, 0.6) is 5.75 Å². The van der Waals surface area contributed by atoms with Crippen LogP contribution in [0.2, 0.25) is 0 Å². The molecule has 6 nitrogen and oxygen atoms in total. The normalized spacial score (nSPS) is 11.0.